The van der Waals surface area contributed by atoms with Gasteiger partial charge in [0.1, 0.15) is 0 Å². The summed E-state index contributed by atoms with van der Waals surface area (Å²) in [4.78, 5) is 0. The maximum Gasteiger partial charge on any atom is 0.0307 e. The SMILES string of the molecule is CCCC1=Cc2c(-c3ccccc3)cccc2C1c1c(C(C)(C)C)[c-]cc2c1Cc1cc(C(C)(C)C)ccc1-2.C[Si]C.[Zr]. The monoisotopic (exact) mass is 657 g/mol. The fourth-order valence-corrected chi connectivity index (χ4v) is 6.81. The van der Waals surface area contributed by atoms with Crippen LogP contribution in [0.15, 0.2) is 78.4 Å². The van der Waals surface area contributed by atoms with Crippen LogP contribution in [0, 0.1) is 6.07 Å². The molecule has 6 rings (SSSR count). The predicted molar refractivity (Wildman–Crippen MR) is 185 cm³/mol. The van der Waals surface area contributed by atoms with Crippen molar-refractivity contribution in [3.63, 3.8) is 0 Å². The van der Waals surface area contributed by atoms with Gasteiger partial charge < -0.3 is 0 Å². The summed E-state index contributed by atoms with van der Waals surface area (Å²) >= 11 is 0. The molecule has 0 amide bonds. The number of fused-ring (bicyclic) bond motifs is 4. The van der Waals surface area contributed by atoms with Gasteiger partial charge in [-0.15, -0.1) is 16.7 Å². The number of rotatable bonds is 4. The maximum absolute atomic E-state index is 3.85. The normalized spacial score (nSPS) is 15.0. The Bertz CT molecular complexity index is 1610. The van der Waals surface area contributed by atoms with E-state index in [2.05, 4.69) is 146 Å². The fraction of sp³-hybridized carbons (Fsp3) is 0.366. The van der Waals surface area contributed by atoms with Crippen LogP contribution in [0.25, 0.3) is 28.3 Å². The first-order chi connectivity index (χ1) is 20.0. The van der Waals surface area contributed by atoms with Crippen LogP contribution >= 0.6 is 0 Å². The van der Waals surface area contributed by atoms with Gasteiger partial charge >= 0.3 is 0 Å². The Labute approximate surface area is 283 Å². The van der Waals surface area contributed by atoms with Crippen molar-refractivity contribution >= 4 is 15.6 Å². The first-order valence-corrected chi connectivity index (χ1v) is 17.7. The molecule has 2 aliphatic carbocycles. The van der Waals surface area contributed by atoms with Crippen LogP contribution in [0.1, 0.15) is 106 Å². The van der Waals surface area contributed by atoms with Crippen LogP contribution in [-0.4, -0.2) is 9.52 Å². The summed E-state index contributed by atoms with van der Waals surface area (Å²) in [6.07, 6.45) is 5.79. The van der Waals surface area contributed by atoms with Crippen molar-refractivity contribution in [2.75, 3.05) is 0 Å². The molecule has 220 valence electrons. The molecule has 4 aromatic rings. The second-order valence-electron chi connectivity index (χ2n) is 14.1. The number of benzene rings is 4. The Balaban J connectivity index is 0.00000102. The molecule has 2 aliphatic rings. The minimum absolute atomic E-state index is 0. The predicted octanol–water partition coefficient (Wildman–Crippen LogP) is 11.4. The van der Waals surface area contributed by atoms with Gasteiger partial charge in [-0.05, 0) is 63.0 Å². The minimum atomic E-state index is 0. The fourth-order valence-electron chi connectivity index (χ4n) is 6.81. The third-order valence-electron chi connectivity index (χ3n) is 8.72. The first-order valence-electron chi connectivity index (χ1n) is 15.7. The molecular formula is C41H47SiZr-. The summed E-state index contributed by atoms with van der Waals surface area (Å²) in [5, 5.41) is 0. The summed E-state index contributed by atoms with van der Waals surface area (Å²) in [6.45, 7) is 20.6. The van der Waals surface area contributed by atoms with Gasteiger partial charge in [-0.2, -0.15) is 17.7 Å². The maximum atomic E-state index is 3.85. The molecule has 0 nitrogen and oxygen atoms in total. The van der Waals surface area contributed by atoms with Crippen molar-refractivity contribution in [2.24, 2.45) is 0 Å². The second-order valence-corrected chi connectivity index (χ2v) is 15.1. The first kappa shape index (κ1) is 33.6. The summed E-state index contributed by atoms with van der Waals surface area (Å²) in [7, 11) is 1.08. The van der Waals surface area contributed by atoms with E-state index in [1.165, 1.54) is 61.2 Å². The molecule has 0 fully saturated rings. The van der Waals surface area contributed by atoms with Crippen molar-refractivity contribution in [1.82, 2.24) is 0 Å². The summed E-state index contributed by atoms with van der Waals surface area (Å²) in [6, 6.07) is 31.2. The molecule has 0 N–H and O–H groups in total. The zero-order chi connectivity index (χ0) is 30.2. The molecule has 43 heavy (non-hydrogen) atoms. The van der Waals surface area contributed by atoms with Crippen molar-refractivity contribution in [3.8, 4) is 22.3 Å². The minimum Gasteiger partial charge on any atom is -0.179 e. The molecule has 0 spiro atoms. The molecular weight excluding hydrogens is 612 g/mol. The second kappa shape index (κ2) is 13.4. The van der Waals surface area contributed by atoms with Crippen LogP contribution in [0.3, 0.4) is 0 Å². The quantitative estimate of drug-likeness (QED) is 0.133. The van der Waals surface area contributed by atoms with Crippen LogP contribution in [0.2, 0.25) is 13.1 Å². The van der Waals surface area contributed by atoms with E-state index >= 15 is 0 Å². The van der Waals surface area contributed by atoms with Crippen LogP contribution in [0.4, 0.5) is 0 Å². The Morgan fingerprint density at radius 3 is 2.14 bits per heavy atom. The van der Waals surface area contributed by atoms with Gasteiger partial charge in [-0.1, -0.05) is 152 Å². The van der Waals surface area contributed by atoms with Crippen LogP contribution < -0.4 is 0 Å². The molecule has 2 heteroatoms. The Morgan fingerprint density at radius 2 is 1.51 bits per heavy atom. The third kappa shape index (κ3) is 6.57. The smallest absolute Gasteiger partial charge is 0.0307 e. The van der Waals surface area contributed by atoms with Crippen molar-refractivity contribution < 1.29 is 26.2 Å². The molecule has 0 aliphatic heterocycles. The van der Waals surface area contributed by atoms with E-state index in [0.717, 1.165) is 28.8 Å². The van der Waals surface area contributed by atoms with Gasteiger partial charge in [0.2, 0.25) is 0 Å². The zero-order valence-corrected chi connectivity index (χ0v) is 31.2. The van der Waals surface area contributed by atoms with Gasteiger partial charge in [0.25, 0.3) is 0 Å². The van der Waals surface area contributed by atoms with E-state index in [0.29, 0.717) is 0 Å². The average molecular weight is 659 g/mol. The Hall–Kier alpha value is -2.28. The van der Waals surface area contributed by atoms with Crippen LogP contribution in [-0.2, 0) is 43.5 Å². The summed E-state index contributed by atoms with van der Waals surface area (Å²) < 4.78 is 0. The molecule has 0 bridgehead atoms. The number of hydrogen-bond acceptors (Lipinski definition) is 0. The Morgan fingerprint density at radius 1 is 0.814 bits per heavy atom. The number of hydrogen-bond donors (Lipinski definition) is 0. The average Bonchev–Trinajstić information content (AvgIpc) is 3.50. The van der Waals surface area contributed by atoms with Crippen molar-refractivity contribution in [3.05, 3.63) is 123 Å². The van der Waals surface area contributed by atoms with Gasteiger partial charge in [-0.25, -0.2) is 0 Å². The topological polar surface area (TPSA) is 0 Å². The van der Waals surface area contributed by atoms with E-state index in [1.807, 2.05) is 0 Å². The van der Waals surface area contributed by atoms with Crippen molar-refractivity contribution in [1.29, 1.82) is 0 Å². The van der Waals surface area contributed by atoms with Crippen molar-refractivity contribution in [2.45, 2.75) is 97.6 Å². The molecule has 1 atom stereocenters. The van der Waals surface area contributed by atoms with Gasteiger partial charge in [0.05, 0.1) is 0 Å². The number of allylic oxidation sites excluding steroid dienone is 1. The summed E-state index contributed by atoms with van der Waals surface area (Å²) in [5.74, 6) is 0.278. The Kier molecular flexibility index (Phi) is 10.5. The van der Waals surface area contributed by atoms with E-state index in [4.69, 9.17) is 0 Å². The van der Waals surface area contributed by atoms with E-state index in [1.54, 1.807) is 5.57 Å². The molecule has 1 unspecified atom stereocenters. The van der Waals surface area contributed by atoms with Gasteiger partial charge in [0.15, 0.2) is 0 Å². The zero-order valence-electron chi connectivity index (χ0n) is 27.7. The molecule has 2 radical (unpaired) electrons. The van der Waals surface area contributed by atoms with E-state index in [-0.39, 0.29) is 43.0 Å². The molecule has 0 saturated heterocycles. The molecule has 0 heterocycles. The van der Waals surface area contributed by atoms with Gasteiger partial charge in [-0.3, -0.25) is 0 Å². The molecule has 0 aromatic heterocycles. The third-order valence-corrected chi connectivity index (χ3v) is 8.72. The molecule has 0 saturated carbocycles. The van der Waals surface area contributed by atoms with Crippen LogP contribution in [0.5, 0.6) is 0 Å². The summed E-state index contributed by atoms with van der Waals surface area (Å²) in [5.41, 5.74) is 17.3. The largest absolute Gasteiger partial charge is 0.179 e. The van der Waals surface area contributed by atoms with E-state index < -0.39 is 0 Å². The van der Waals surface area contributed by atoms with E-state index in [9.17, 15) is 0 Å². The van der Waals surface area contributed by atoms with Gasteiger partial charge in [0, 0.05) is 35.7 Å². The standard InChI is InChI=1S/C39H41.C2H6Si.Zr/c1-8-13-26-23-33-29(25-14-10-9-11-15-25)16-12-17-32(33)36(26)37-34-24-27-22-28(38(2,3)4)18-19-30(27)31(34)20-21-35(37)39(5,6)7;1-3-2;/h9-12,14-20,22-23,36H,8,13,24H2,1-7H3;1-2H3;/q-1;;. The molecule has 4 aromatic carbocycles.